The molecule has 0 radical (unpaired) electrons. The molecule has 26 heavy (non-hydrogen) atoms. The number of nitrogens with two attached hydrogens (primary N) is 1. The second-order valence-corrected chi connectivity index (χ2v) is 7.89. The predicted octanol–water partition coefficient (Wildman–Crippen LogP) is 6.57. The molecule has 0 amide bonds. The smallest absolute Gasteiger partial charge is 0.328 e. The fourth-order valence-electron chi connectivity index (χ4n) is 2.23. The van der Waals surface area contributed by atoms with E-state index in [2.05, 4.69) is 32.2 Å². The van der Waals surface area contributed by atoms with Gasteiger partial charge in [0.05, 0.1) is 6.61 Å². The molecule has 0 heterocycles. The Balaban J connectivity index is -0.000000306. The van der Waals surface area contributed by atoms with Crippen molar-refractivity contribution in [2.24, 2.45) is 5.73 Å². The second kappa shape index (κ2) is 27.3. The van der Waals surface area contributed by atoms with E-state index in [4.69, 9.17) is 15.5 Å². The lowest BCUT2D eigenvalue weighted by atomic mass is 10.1. The Kier molecular flexibility index (Phi) is 32.3. The van der Waals surface area contributed by atoms with Crippen LogP contribution in [0.15, 0.2) is 0 Å². The Morgan fingerprint density at radius 1 is 0.654 bits per heavy atom. The van der Waals surface area contributed by atoms with Crippen molar-refractivity contribution in [2.45, 2.75) is 118 Å². The number of rotatable bonds is 15. The van der Waals surface area contributed by atoms with Crippen LogP contribution in [0.25, 0.3) is 0 Å². The van der Waals surface area contributed by atoms with E-state index in [1.807, 2.05) is 0 Å². The first-order chi connectivity index (χ1) is 12.4. The van der Waals surface area contributed by atoms with Gasteiger partial charge in [0.15, 0.2) is 0 Å². The first-order valence-electron chi connectivity index (χ1n) is 10.8. The Hall–Kier alpha value is 0.0700. The minimum Gasteiger partial charge on any atom is -0.328 e. The van der Waals surface area contributed by atoms with Crippen LogP contribution >= 0.6 is 7.82 Å². The molecule has 0 unspecified atom stereocenters. The van der Waals surface area contributed by atoms with E-state index in [-0.39, 0.29) is 13.2 Å². The Morgan fingerprint density at radius 2 is 0.923 bits per heavy atom. The van der Waals surface area contributed by atoms with Crippen LogP contribution in [-0.2, 0) is 9.09 Å². The van der Waals surface area contributed by atoms with E-state index in [1.165, 1.54) is 89.9 Å². The molecule has 6 heteroatoms. The van der Waals surface area contributed by atoms with Crippen molar-refractivity contribution in [3.05, 3.63) is 0 Å². The first-order valence-corrected chi connectivity index (χ1v) is 12.3. The van der Waals surface area contributed by atoms with Crippen LogP contribution in [-0.4, -0.2) is 22.9 Å². The topological polar surface area (TPSA) is 92.8 Å². The van der Waals surface area contributed by atoms with Crippen molar-refractivity contribution in [2.75, 3.05) is 13.2 Å². The summed E-state index contributed by atoms with van der Waals surface area (Å²) in [7, 11) is -4.26. The van der Waals surface area contributed by atoms with Crippen LogP contribution in [0.3, 0.4) is 0 Å². The molecule has 0 atom stereocenters. The highest BCUT2D eigenvalue weighted by Gasteiger charge is 2.11. The summed E-state index contributed by atoms with van der Waals surface area (Å²) in [5.41, 5.74) is 4.87. The average Bonchev–Trinajstić information content (AvgIpc) is 2.60. The van der Waals surface area contributed by atoms with Gasteiger partial charge in [0, 0.05) is 6.54 Å². The largest absolute Gasteiger partial charge is 0.469 e. The van der Waals surface area contributed by atoms with Crippen LogP contribution in [0.1, 0.15) is 118 Å². The predicted molar refractivity (Wildman–Crippen MR) is 114 cm³/mol. The fraction of sp³-hybridized carbons (Fsp3) is 1.00. The molecule has 0 saturated heterocycles. The molecule has 162 valence electrons. The zero-order chi connectivity index (χ0) is 20.5. The Bertz CT molecular complexity index is 247. The monoisotopic (exact) mass is 397 g/mol. The van der Waals surface area contributed by atoms with Gasteiger partial charge in [-0.05, 0) is 0 Å². The number of unbranched alkanes of at least 4 members (excludes halogenated alkanes) is 12. The maximum Gasteiger partial charge on any atom is 0.469 e. The summed E-state index contributed by atoms with van der Waals surface area (Å²) in [6.07, 6.45) is 19.9. The summed E-state index contributed by atoms with van der Waals surface area (Å²) >= 11 is 0. The zero-order valence-electron chi connectivity index (χ0n) is 18.0. The van der Waals surface area contributed by atoms with Gasteiger partial charge in [-0.15, -0.1) is 0 Å². The average molecular weight is 398 g/mol. The molecule has 0 aromatic carbocycles. The number of phosphoric acid groups is 1. The number of hydrogen-bond acceptors (Lipinski definition) is 3. The van der Waals surface area contributed by atoms with Gasteiger partial charge in [-0.3, -0.25) is 4.52 Å². The molecule has 0 saturated carbocycles. The molecule has 0 fully saturated rings. The molecule has 0 rings (SSSR count). The lowest BCUT2D eigenvalue weighted by Gasteiger charge is -2.00. The Labute approximate surface area is 163 Å². The molecule has 0 aliphatic rings. The summed E-state index contributed by atoms with van der Waals surface area (Å²) in [4.78, 5) is 16.0. The van der Waals surface area contributed by atoms with E-state index >= 15 is 0 Å². The van der Waals surface area contributed by atoms with E-state index in [0.29, 0.717) is 0 Å². The van der Waals surface area contributed by atoms with Gasteiger partial charge in [-0.1, -0.05) is 118 Å². The van der Waals surface area contributed by atoms with Gasteiger partial charge < -0.3 is 15.5 Å². The van der Waals surface area contributed by atoms with Gasteiger partial charge >= 0.3 is 7.82 Å². The Morgan fingerprint density at radius 3 is 1.08 bits per heavy atom. The number of phosphoric ester groups is 1. The van der Waals surface area contributed by atoms with E-state index in [9.17, 15) is 4.57 Å². The molecule has 0 aromatic heterocycles. The molecular formula is C20H48NO4P. The van der Waals surface area contributed by atoms with E-state index in [1.54, 1.807) is 0 Å². The SMILES string of the molecule is CCCCCCCCC.CCCCCCCCC.NCCOP(=O)(O)O. The van der Waals surface area contributed by atoms with Crippen molar-refractivity contribution in [3.63, 3.8) is 0 Å². The summed E-state index contributed by atoms with van der Waals surface area (Å²) in [5.74, 6) is 0. The third-order valence-corrected chi connectivity index (χ3v) is 4.31. The summed E-state index contributed by atoms with van der Waals surface area (Å²) < 4.78 is 13.7. The van der Waals surface area contributed by atoms with Gasteiger partial charge in [-0.2, -0.15) is 0 Å². The van der Waals surface area contributed by atoms with Crippen LogP contribution in [0.5, 0.6) is 0 Å². The highest BCUT2D eigenvalue weighted by Crippen LogP contribution is 2.34. The van der Waals surface area contributed by atoms with Crippen LogP contribution in [0.4, 0.5) is 0 Å². The van der Waals surface area contributed by atoms with Gasteiger partial charge in [0.2, 0.25) is 0 Å². The normalized spacial score (nSPS) is 10.6. The van der Waals surface area contributed by atoms with Gasteiger partial charge in [0.1, 0.15) is 0 Å². The molecule has 0 aliphatic heterocycles. The van der Waals surface area contributed by atoms with Crippen molar-refractivity contribution < 1.29 is 18.9 Å². The molecule has 4 N–H and O–H groups in total. The van der Waals surface area contributed by atoms with Crippen LogP contribution in [0.2, 0.25) is 0 Å². The molecule has 0 spiro atoms. The maximum absolute atomic E-state index is 9.81. The third-order valence-electron chi connectivity index (χ3n) is 3.79. The molecule has 0 aliphatic carbocycles. The molecule has 0 aromatic rings. The second-order valence-electron chi connectivity index (χ2n) is 6.65. The van der Waals surface area contributed by atoms with Crippen molar-refractivity contribution in [3.8, 4) is 0 Å². The zero-order valence-corrected chi connectivity index (χ0v) is 18.9. The van der Waals surface area contributed by atoms with Crippen molar-refractivity contribution in [1.82, 2.24) is 0 Å². The fourth-order valence-corrected chi connectivity index (χ4v) is 2.58. The molecule has 0 bridgehead atoms. The van der Waals surface area contributed by atoms with Crippen molar-refractivity contribution in [1.29, 1.82) is 0 Å². The number of hydrogen-bond donors (Lipinski definition) is 3. The van der Waals surface area contributed by atoms with Crippen LogP contribution < -0.4 is 5.73 Å². The maximum atomic E-state index is 9.81. The first kappa shape index (κ1) is 30.8. The highest BCUT2D eigenvalue weighted by molar-refractivity contribution is 7.46. The summed E-state index contributed by atoms with van der Waals surface area (Å²) in [5, 5.41) is 0. The summed E-state index contributed by atoms with van der Waals surface area (Å²) in [6.45, 7) is 9.06. The van der Waals surface area contributed by atoms with E-state index < -0.39 is 7.82 Å². The van der Waals surface area contributed by atoms with Gasteiger partial charge in [-0.25, -0.2) is 4.57 Å². The minimum absolute atomic E-state index is 0.107. The standard InChI is InChI=1S/2C9H20.C2H8NO4P/c2*1-3-5-7-9-8-6-4-2;3-1-2-7-8(4,5)6/h2*3-9H2,1-2H3;1-3H2,(H2,4,5,6). The van der Waals surface area contributed by atoms with Gasteiger partial charge in [0.25, 0.3) is 0 Å². The summed E-state index contributed by atoms with van der Waals surface area (Å²) in [6, 6.07) is 0. The van der Waals surface area contributed by atoms with E-state index in [0.717, 1.165) is 0 Å². The highest BCUT2D eigenvalue weighted by atomic mass is 31.2. The van der Waals surface area contributed by atoms with Crippen LogP contribution in [0, 0.1) is 0 Å². The lowest BCUT2D eigenvalue weighted by molar-refractivity contribution is 0.202. The lowest BCUT2D eigenvalue weighted by Crippen LogP contribution is -2.06. The third kappa shape index (κ3) is 44.0. The van der Waals surface area contributed by atoms with Crippen molar-refractivity contribution >= 4 is 7.82 Å². The molecule has 5 nitrogen and oxygen atoms in total. The minimum atomic E-state index is -4.26. The quantitative estimate of drug-likeness (QED) is 0.215. The molecular weight excluding hydrogens is 349 g/mol.